The monoisotopic (exact) mass is 393 g/mol. The fourth-order valence-electron chi connectivity index (χ4n) is 3.43. The van der Waals surface area contributed by atoms with E-state index in [9.17, 15) is 4.79 Å². The van der Waals surface area contributed by atoms with E-state index in [0.717, 1.165) is 22.6 Å². The largest absolute Gasteiger partial charge is 0.493 e. The lowest BCUT2D eigenvalue weighted by molar-refractivity contribution is 0.0949. The fraction of sp³-hybridized carbons (Fsp3) is 0.273. The Morgan fingerprint density at radius 3 is 2.69 bits per heavy atom. The summed E-state index contributed by atoms with van der Waals surface area (Å²) in [7, 11) is 1.54. The summed E-state index contributed by atoms with van der Waals surface area (Å²) >= 11 is 0. The van der Waals surface area contributed by atoms with Gasteiger partial charge in [-0.05, 0) is 38.1 Å². The topological polar surface area (TPSA) is 74.6 Å². The Balaban J connectivity index is 1.54. The van der Waals surface area contributed by atoms with Crippen LogP contribution in [0.15, 0.2) is 42.5 Å². The van der Waals surface area contributed by atoms with Crippen LogP contribution in [0.4, 0.5) is 0 Å². The summed E-state index contributed by atoms with van der Waals surface area (Å²) in [6.07, 6.45) is 0. The summed E-state index contributed by atoms with van der Waals surface area (Å²) in [6, 6.07) is 13.3. The van der Waals surface area contributed by atoms with Crippen LogP contribution in [-0.4, -0.2) is 36.0 Å². The highest BCUT2D eigenvalue weighted by molar-refractivity contribution is 5.95. The number of carbonyl (C=O) groups excluding carboxylic acids is 1. The third-order valence-electron chi connectivity index (χ3n) is 4.96. The van der Waals surface area contributed by atoms with Crippen molar-refractivity contribution in [2.45, 2.75) is 20.4 Å². The van der Waals surface area contributed by atoms with Crippen molar-refractivity contribution in [1.82, 2.24) is 15.1 Å². The Kier molecular flexibility index (Phi) is 5.12. The van der Waals surface area contributed by atoms with Crippen molar-refractivity contribution in [2.24, 2.45) is 0 Å². The number of para-hydroxylation sites is 1. The van der Waals surface area contributed by atoms with Gasteiger partial charge in [0, 0.05) is 23.4 Å². The lowest BCUT2D eigenvalue weighted by Gasteiger charge is -2.21. The van der Waals surface area contributed by atoms with Crippen molar-refractivity contribution < 1.29 is 19.0 Å². The summed E-state index contributed by atoms with van der Waals surface area (Å²) in [5.41, 5.74) is 4.31. The van der Waals surface area contributed by atoms with Gasteiger partial charge in [0.25, 0.3) is 5.91 Å². The average molecular weight is 393 g/mol. The van der Waals surface area contributed by atoms with Crippen molar-refractivity contribution in [2.75, 3.05) is 20.3 Å². The quantitative estimate of drug-likeness (QED) is 0.721. The first-order valence-corrected chi connectivity index (χ1v) is 9.45. The number of aryl methyl sites for hydroxylation is 1. The number of benzene rings is 2. The number of nitrogens with one attached hydrogen (secondary N) is 1. The number of amides is 1. The molecular weight excluding hydrogens is 370 g/mol. The summed E-state index contributed by atoms with van der Waals surface area (Å²) < 4.78 is 18.5. The van der Waals surface area contributed by atoms with Crippen LogP contribution in [0, 0.1) is 13.8 Å². The van der Waals surface area contributed by atoms with Crippen LogP contribution < -0.4 is 19.5 Å². The van der Waals surface area contributed by atoms with Gasteiger partial charge in [-0.25, -0.2) is 4.68 Å². The molecule has 0 radical (unpaired) electrons. The van der Waals surface area contributed by atoms with Gasteiger partial charge < -0.3 is 19.5 Å². The molecule has 1 N–H and O–H groups in total. The zero-order valence-corrected chi connectivity index (χ0v) is 16.7. The molecule has 7 heteroatoms. The molecule has 0 saturated carbocycles. The van der Waals surface area contributed by atoms with Gasteiger partial charge in [-0.1, -0.05) is 18.2 Å². The molecule has 7 nitrogen and oxygen atoms in total. The minimum absolute atomic E-state index is 0.216. The molecule has 1 aliphatic rings. The van der Waals surface area contributed by atoms with Crippen LogP contribution in [-0.2, 0) is 6.54 Å². The summed E-state index contributed by atoms with van der Waals surface area (Å²) in [5.74, 6) is 1.32. The number of nitrogens with zero attached hydrogens (tertiary/aromatic N) is 2. The van der Waals surface area contributed by atoms with Gasteiger partial charge in [0.05, 0.1) is 18.5 Å². The molecule has 2 heterocycles. The van der Waals surface area contributed by atoms with Crippen molar-refractivity contribution >= 4 is 5.91 Å². The van der Waals surface area contributed by atoms with Gasteiger partial charge in [-0.15, -0.1) is 0 Å². The van der Waals surface area contributed by atoms with E-state index in [-0.39, 0.29) is 5.91 Å². The summed E-state index contributed by atoms with van der Waals surface area (Å²) in [5, 5.41) is 7.60. The van der Waals surface area contributed by atoms with Crippen molar-refractivity contribution in [3.05, 3.63) is 65.0 Å². The molecule has 0 unspecified atom stereocenters. The smallest absolute Gasteiger partial charge is 0.251 e. The maximum Gasteiger partial charge on any atom is 0.251 e. The molecule has 1 aliphatic heterocycles. The minimum atomic E-state index is -0.216. The second-order valence-corrected chi connectivity index (χ2v) is 6.78. The number of hydrogen-bond donors (Lipinski definition) is 1. The van der Waals surface area contributed by atoms with E-state index in [2.05, 4.69) is 10.4 Å². The molecule has 29 heavy (non-hydrogen) atoms. The van der Waals surface area contributed by atoms with Gasteiger partial charge in [0.1, 0.15) is 13.2 Å². The van der Waals surface area contributed by atoms with Crippen LogP contribution >= 0.6 is 0 Å². The van der Waals surface area contributed by atoms with Crippen molar-refractivity contribution in [3.63, 3.8) is 0 Å². The first-order chi connectivity index (χ1) is 14.1. The first kappa shape index (κ1) is 18.9. The maximum absolute atomic E-state index is 12.8. The number of methoxy groups -OCH3 is 1. The molecular formula is C22H23N3O4. The maximum atomic E-state index is 12.8. The van der Waals surface area contributed by atoms with E-state index < -0.39 is 0 Å². The predicted molar refractivity (Wildman–Crippen MR) is 108 cm³/mol. The lowest BCUT2D eigenvalue weighted by Crippen LogP contribution is -2.24. The molecule has 1 amide bonds. The number of carbonyl (C=O) groups is 1. The van der Waals surface area contributed by atoms with Crippen molar-refractivity contribution in [3.8, 4) is 22.9 Å². The van der Waals surface area contributed by atoms with Crippen molar-refractivity contribution in [1.29, 1.82) is 0 Å². The second-order valence-electron chi connectivity index (χ2n) is 6.78. The van der Waals surface area contributed by atoms with Gasteiger partial charge in [-0.2, -0.15) is 5.10 Å². The van der Waals surface area contributed by atoms with Gasteiger partial charge in [-0.3, -0.25) is 4.79 Å². The highest BCUT2D eigenvalue weighted by Crippen LogP contribution is 2.40. The molecule has 4 rings (SSSR count). The van der Waals surface area contributed by atoms with Gasteiger partial charge in [0.15, 0.2) is 11.5 Å². The van der Waals surface area contributed by atoms with Crippen LogP contribution in [0.25, 0.3) is 5.69 Å². The molecule has 0 bridgehead atoms. The van der Waals surface area contributed by atoms with E-state index in [1.165, 1.54) is 0 Å². The number of hydrogen-bond acceptors (Lipinski definition) is 5. The molecule has 2 aromatic carbocycles. The highest BCUT2D eigenvalue weighted by Gasteiger charge is 2.21. The summed E-state index contributed by atoms with van der Waals surface area (Å²) in [6.45, 7) is 5.22. The Morgan fingerprint density at radius 1 is 1.17 bits per heavy atom. The fourth-order valence-corrected chi connectivity index (χ4v) is 3.43. The van der Waals surface area contributed by atoms with Crippen LogP contribution in [0.1, 0.15) is 27.3 Å². The molecule has 3 aromatic rings. The van der Waals surface area contributed by atoms with Gasteiger partial charge >= 0.3 is 0 Å². The Labute approximate surface area is 169 Å². The van der Waals surface area contributed by atoms with E-state index in [0.29, 0.717) is 42.6 Å². The molecule has 0 spiro atoms. The average Bonchev–Trinajstić information content (AvgIpc) is 3.05. The van der Waals surface area contributed by atoms with E-state index in [4.69, 9.17) is 14.2 Å². The van der Waals surface area contributed by atoms with E-state index >= 15 is 0 Å². The molecule has 0 atom stereocenters. The number of fused-ring (bicyclic) bond motifs is 1. The predicted octanol–water partition coefficient (Wildman–Crippen LogP) is 3.20. The van der Waals surface area contributed by atoms with Crippen LogP contribution in [0.2, 0.25) is 0 Å². The normalized spacial score (nSPS) is 12.5. The summed E-state index contributed by atoms with van der Waals surface area (Å²) in [4.78, 5) is 12.8. The van der Waals surface area contributed by atoms with Crippen LogP contribution in [0.3, 0.4) is 0 Å². The Hall–Kier alpha value is -3.48. The third kappa shape index (κ3) is 3.63. The minimum Gasteiger partial charge on any atom is -0.493 e. The lowest BCUT2D eigenvalue weighted by atomic mass is 10.1. The number of aromatic nitrogens is 2. The SMILES string of the molecule is COc1cc(C(=O)NCc2c(C)nn(-c3ccccc3)c2C)cc2c1OCCO2. The number of rotatable bonds is 5. The standard InChI is InChI=1S/C22H23N3O4/c1-14-18(15(2)25(24-14)17-7-5-4-6-8-17)13-23-22(26)16-11-19(27-3)21-20(12-16)28-9-10-29-21/h4-8,11-12H,9-10,13H2,1-3H3,(H,23,26). The first-order valence-electron chi connectivity index (χ1n) is 9.45. The Morgan fingerprint density at radius 2 is 1.93 bits per heavy atom. The zero-order chi connectivity index (χ0) is 20.4. The second kappa shape index (κ2) is 7.87. The molecule has 0 fully saturated rings. The molecule has 150 valence electrons. The molecule has 1 aromatic heterocycles. The molecule has 0 aliphatic carbocycles. The molecule has 0 saturated heterocycles. The van der Waals surface area contributed by atoms with Gasteiger partial charge in [0.2, 0.25) is 5.75 Å². The highest BCUT2D eigenvalue weighted by atomic mass is 16.6. The Bertz CT molecular complexity index is 1030. The van der Waals surface area contributed by atoms with E-state index in [1.54, 1.807) is 19.2 Å². The third-order valence-corrected chi connectivity index (χ3v) is 4.96. The van der Waals surface area contributed by atoms with Crippen LogP contribution in [0.5, 0.6) is 17.2 Å². The number of ether oxygens (including phenoxy) is 3. The van der Waals surface area contributed by atoms with E-state index in [1.807, 2.05) is 48.9 Å². The zero-order valence-electron chi connectivity index (χ0n) is 16.7.